The second kappa shape index (κ2) is 7.00. The first-order valence-electron chi connectivity index (χ1n) is 6.80. The number of methoxy groups -OCH3 is 1. The van der Waals surface area contributed by atoms with Gasteiger partial charge < -0.3 is 15.4 Å². The molecule has 2 N–H and O–H groups in total. The molecule has 0 unspecified atom stereocenters. The Labute approximate surface area is 141 Å². The van der Waals surface area contributed by atoms with Crippen LogP contribution >= 0.6 is 11.6 Å². The van der Waals surface area contributed by atoms with Crippen LogP contribution in [0.15, 0.2) is 36.4 Å². The van der Waals surface area contributed by atoms with Crippen LogP contribution in [0.5, 0.6) is 5.75 Å². The van der Waals surface area contributed by atoms with Crippen LogP contribution in [0.4, 0.5) is 29.3 Å². The molecule has 0 aliphatic carbocycles. The molecule has 0 heterocycles. The van der Waals surface area contributed by atoms with E-state index in [1.54, 1.807) is 25.1 Å². The van der Waals surface area contributed by atoms with Crippen LogP contribution in [-0.2, 0) is 6.18 Å². The summed E-state index contributed by atoms with van der Waals surface area (Å²) in [5.74, 6) is 0.624. The fourth-order valence-electron chi connectivity index (χ4n) is 1.98. The predicted molar refractivity (Wildman–Crippen MR) is 86.8 cm³/mol. The topological polar surface area (TPSA) is 50.4 Å². The van der Waals surface area contributed by atoms with E-state index >= 15 is 0 Å². The van der Waals surface area contributed by atoms with Crippen LogP contribution in [-0.4, -0.2) is 13.1 Å². The first-order chi connectivity index (χ1) is 11.2. The molecule has 0 aromatic heterocycles. The second-order valence-corrected chi connectivity index (χ2v) is 5.36. The maximum atomic E-state index is 12.7. The summed E-state index contributed by atoms with van der Waals surface area (Å²) < 4.78 is 43.2. The van der Waals surface area contributed by atoms with Crippen molar-refractivity contribution < 1.29 is 22.7 Å². The van der Waals surface area contributed by atoms with Crippen molar-refractivity contribution in [2.24, 2.45) is 0 Å². The van der Waals surface area contributed by atoms with Crippen LogP contribution in [0.2, 0.25) is 5.02 Å². The van der Waals surface area contributed by atoms with Crippen LogP contribution in [0.1, 0.15) is 11.1 Å². The number of hydrogen-bond donors (Lipinski definition) is 2. The number of benzene rings is 2. The lowest BCUT2D eigenvalue weighted by atomic mass is 10.2. The fourth-order valence-corrected chi connectivity index (χ4v) is 2.14. The molecule has 8 heteroatoms. The quantitative estimate of drug-likeness (QED) is 0.780. The van der Waals surface area contributed by atoms with E-state index in [1.165, 1.54) is 7.11 Å². The first kappa shape index (κ1) is 17.9. The van der Waals surface area contributed by atoms with Crippen molar-refractivity contribution in [1.82, 2.24) is 0 Å². The molecule has 0 saturated carbocycles. The third-order valence-corrected chi connectivity index (χ3v) is 3.55. The molecule has 0 fully saturated rings. The number of carbonyl (C=O) groups is 1. The van der Waals surface area contributed by atoms with Crippen molar-refractivity contribution in [2.75, 3.05) is 17.7 Å². The summed E-state index contributed by atoms with van der Waals surface area (Å²) in [6, 6.07) is 7.00. The van der Waals surface area contributed by atoms with Gasteiger partial charge in [-0.1, -0.05) is 11.6 Å². The largest absolute Gasteiger partial charge is 0.497 e. The van der Waals surface area contributed by atoms with E-state index in [2.05, 4.69) is 10.6 Å². The Kier molecular flexibility index (Phi) is 5.23. The van der Waals surface area contributed by atoms with Gasteiger partial charge in [0, 0.05) is 5.69 Å². The molecule has 24 heavy (non-hydrogen) atoms. The van der Waals surface area contributed by atoms with E-state index in [0.717, 1.165) is 23.8 Å². The first-order valence-corrected chi connectivity index (χ1v) is 7.18. The number of nitrogens with one attached hydrogen (secondary N) is 2. The Morgan fingerprint density at radius 3 is 2.33 bits per heavy atom. The van der Waals surface area contributed by atoms with Crippen LogP contribution in [0.3, 0.4) is 0 Å². The normalized spacial score (nSPS) is 11.1. The molecule has 2 rings (SSSR count). The average molecular weight is 359 g/mol. The number of aryl methyl sites for hydroxylation is 1. The van der Waals surface area contributed by atoms with Crippen molar-refractivity contribution in [2.45, 2.75) is 13.1 Å². The minimum Gasteiger partial charge on any atom is -0.497 e. The van der Waals surface area contributed by atoms with E-state index in [4.69, 9.17) is 16.3 Å². The van der Waals surface area contributed by atoms with Gasteiger partial charge in [0.25, 0.3) is 0 Å². The SMILES string of the molecule is COc1ccc(NC(=O)Nc2cc(C(F)(F)F)ccc2Cl)c(C)c1. The molecular formula is C16H14ClF3N2O2. The standard InChI is InChI=1S/C16H14ClF3N2O2/c1-9-7-11(24-2)4-6-13(9)21-15(23)22-14-8-10(16(18,19)20)3-5-12(14)17/h3-8H,1-2H3,(H2,21,22,23). The van der Waals surface area contributed by atoms with Crippen LogP contribution in [0, 0.1) is 6.92 Å². The molecule has 0 spiro atoms. The van der Waals surface area contributed by atoms with Gasteiger partial charge in [0.05, 0.1) is 23.4 Å². The minimum absolute atomic E-state index is 0.00426. The number of halogens is 4. The summed E-state index contributed by atoms with van der Waals surface area (Å²) in [4.78, 5) is 12.0. The van der Waals surface area contributed by atoms with Gasteiger partial charge in [0.1, 0.15) is 5.75 Å². The Bertz CT molecular complexity index is 763. The van der Waals surface area contributed by atoms with Crippen LogP contribution < -0.4 is 15.4 Å². The monoisotopic (exact) mass is 358 g/mol. The summed E-state index contributed by atoms with van der Waals surface area (Å²) in [7, 11) is 1.52. The van der Waals surface area contributed by atoms with Crippen molar-refractivity contribution in [3.05, 3.63) is 52.5 Å². The predicted octanol–water partition coefficient (Wildman–Crippen LogP) is 5.32. The molecule has 4 nitrogen and oxygen atoms in total. The molecule has 0 atom stereocenters. The molecule has 2 aromatic carbocycles. The molecular weight excluding hydrogens is 345 g/mol. The summed E-state index contributed by atoms with van der Waals surface area (Å²) in [6.07, 6.45) is -4.52. The van der Waals surface area contributed by atoms with E-state index in [1.807, 2.05) is 0 Å². The number of anilines is 2. The Hall–Kier alpha value is -2.41. The Balaban J connectivity index is 2.15. The lowest BCUT2D eigenvalue weighted by Crippen LogP contribution is -2.20. The molecule has 0 saturated heterocycles. The van der Waals surface area contributed by atoms with Crippen LogP contribution in [0.25, 0.3) is 0 Å². The van der Waals surface area contributed by atoms with Gasteiger partial charge in [-0.15, -0.1) is 0 Å². The smallest absolute Gasteiger partial charge is 0.416 e. The maximum absolute atomic E-state index is 12.7. The third kappa shape index (κ3) is 4.32. The fraction of sp³-hybridized carbons (Fsp3) is 0.188. The van der Waals surface area contributed by atoms with Crippen molar-refractivity contribution in [3.8, 4) is 5.75 Å². The van der Waals surface area contributed by atoms with E-state index < -0.39 is 17.8 Å². The number of alkyl halides is 3. The van der Waals surface area contributed by atoms with Crippen molar-refractivity contribution >= 4 is 29.0 Å². The average Bonchev–Trinajstić information content (AvgIpc) is 2.50. The summed E-state index contributed by atoms with van der Waals surface area (Å²) in [5, 5.41) is 4.87. The highest BCUT2D eigenvalue weighted by Gasteiger charge is 2.31. The van der Waals surface area contributed by atoms with Gasteiger partial charge >= 0.3 is 12.2 Å². The third-order valence-electron chi connectivity index (χ3n) is 3.22. The highest BCUT2D eigenvalue weighted by molar-refractivity contribution is 6.33. The zero-order valence-electron chi connectivity index (χ0n) is 12.8. The minimum atomic E-state index is -4.52. The number of carbonyl (C=O) groups excluding carboxylic acids is 1. The number of urea groups is 1. The molecule has 0 radical (unpaired) electrons. The number of hydrogen-bond acceptors (Lipinski definition) is 2. The Morgan fingerprint density at radius 1 is 1.08 bits per heavy atom. The van der Waals surface area contributed by atoms with Gasteiger partial charge in [-0.3, -0.25) is 0 Å². The zero-order chi connectivity index (χ0) is 17.9. The summed E-state index contributed by atoms with van der Waals surface area (Å²) in [6.45, 7) is 1.76. The second-order valence-electron chi connectivity index (χ2n) is 4.95. The number of rotatable bonds is 3. The Morgan fingerprint density at radius 2 is 1.75 bits per heavy atom. The van der Waals surface area contributed by atoms with E-state index in [0.29, 0.717) is 11.4 Å². The van der Waals surface area contributed by atoms with E-state index in [-0.39, 0.29) is 10.7 Å². The van der Waals surface area contributed by atoms with Gasteiger partial charge in [-0.2, -0.15) is 13.2 Å². The lowest BCUT2D eigenvalue weighted by molar-refractivity contribution is -0.137. The molecule has 0 aliphatic heterocycles. The van der Waals surface area contributed by atoms with Crippen molar-refractivity contribution in [3.63, 3.8) is 0 Å². The van der Waals surface area contributed by atoms with E-state index in [9.17, 15) is 18.0 Å². The number of amides is 2. The van der Waals surface area contributed by atoms with Gasteiger partial charge in [0.2, 0.25) is 0 Å². The number of ether oxygens (including phenoxy) is 1. The summed E-state index contributed by atoms with van der Waals surface area (Å²) >= 11 is 5.84. The zero-order valence-corrected chi connectivity index (χ0v) is 13.5. The highest BCUT2D eigenvalue weighted by Crippen LogP contribution is 2.34. The molecule has 2 aromatic rings. The van der Waals surface area contributed by atoms with Crippen molar-refractivity contribution in [1.29, 1.82) is 0 Å². The molecule has 128 valence electrons. The molecule has 0 bridgehead atoms. The molecule has 2 amide bonds. The maximum Gasteiger partial charge on any atom is 0.416 e. The lowest BCUT2D eigenvalue weighted by Gasteiger charge is -2.13. The van der Waals surface area contributed by atoms with Gasteiger partial charge in [0.15, 0.2) is 0 Å². The highest BCUT2D eigenvalue weighted by atomic mass is 35.5. The summed E-state index contributed by atoms with van der Waals surface area (Å²) in [5.41, 5.74) is 0.203. The molecule has 0 aliphatic rings. The van der Waals surface area contributed by atoms with Gasteiger partial charge in [-0.25, -0.2) is 4.79 Å². The van der Waals surface area contributed by atoms with Gasteiger partial charge in [-0.05, 0) is 48.9 Å².